The highest BCUT2D eigenvalue weighted by atomic mass is 35.5. The molecule has 0 unspecified atom stereocenters. The van der Waals surface area contributed by atoms with Crippen LogP contribution in [0.2, 0.25) is 5.02 Å². The van der Waals surface area contributed by atoms with Gasteiger partial charge in [0, 0.05) is 5.69 Å². The molecule has 2 aromatic carbocycles. The van der Waals surface area contributed by atoms with Crippen molar-refractivity contribution >= 4 is 34.6 Å². The lowest BCUT2D eigenvalue weighted by atomic mass is 10.1. The second-order valence-corrected chi connectivity index (χ2v) is 4.55. The van der Waals surface area contributed by atoms with Crippen molar-refractivity contribution in [2.45, 2.75) is 0 Å². The normalized spacial score (nSPS) is 10.3. The van der Waals surface area contributed by atoms with E-state index in [1.807, 2.05) is 0 Å². The van der Waals surface area contributed by atoms with Crippen LogP contribution in [0.25, 0.3) is 0 Å². The van der Waals surface area contributed by atoms with Gasteiger partial charge in [-0.1, -0.05) is 11.6 Å². The summed E-state index contributed by atoms with van der Waals surface area (Å²) in [4.78, 5) is 11.3. The highest BCUT2D eigenvalue weighted by Gasteiger charge is 2.19. The summed E-state index contributed by atoms with van der Waals surface area (Å²) in [5, 5.41) is 2.92. The van der Waals surface area contributed by atoms with Crippen molar-refractivity contribution in [3.05, 3.63) is 52.6 Å². The predicted molar refractivity (Wildman–Crippen MR) is 76.8 cm³/mol. The molecule has 0 aliphatic heterocycles. The number of methoxy groups -OCH3 is 1. The Labute approximate surface area is 124 Å². The van der Waals surface area contributed by atoms with Crippen molar-refractivity contribution in [3.8, 4) is 0 Å². The maximum Gasteiger partial charge on any atom is 0.340 e. The lowest BCUT2D eigenvalue weighted by molar-refractivity contribution is 0.0594. The fourth-order valence-corrected chi connectivity index (χ4v) is 1.86. The van der Waals surface area contributed by atoms with Gasteiger partial charge in [0.05, 0.1) is 29.1 Å². The minimum atomic E-state index is -1.30. The first-order valence-corrected chi connectivity index (χ1v) is 6.20. The molecule has 0 spiro atoms. The van der Waals surface area contributed by atoms with Gasteiger partial charge in [-0.15, -0.1) is 0 Å². The van der Waals surface area contributed by atoms with Crippen LogP contribution in [0.3, 0.4) is 0 Å². The summed E-state index contributed by atoms with van der Waals surface area (Å²) < 4.78 is 32.1. The lowest BCUT2D eigenvalue weighted by Crippen LogP contribution is -2.08. The first kappa shape index (κ1) is 15.1. The molecule has 0 aliphatic carbocycles. The minimum absolute atomic E-state index is 0.173. The SMILES string of the molecule is COC(=O)c1ccc(Nc2cc(N)ccc2Cl)c(F)c1F. The molecular formula is C14H11ClF2N2O2. The molecule has 0 aliphatic rings. The third-order valence-electron chi connectivity index (χ3n) is 2.75. The minimum Gasteiger partial charge on any atom is -0.465 e. The van der Waals surface area contributed by atoms with E-state index >= 15 is 0 Å². The number of nitrogens with two attached hydrogens (primary N) is 1. The molecule has 0 heterocycles. The smallest absolute Gasteiger partial charge is 0.340 e. The van der Waals surface area contributed by atoms with Gasteiger partial charge in [-0.05, 0) is 30.3 Å². The van der Waals surface area contributed by atoms with E-state index in [1.54, 1.807) is 6.07 Å². The number of benzene rings is 2. The zero-order valence-electron chi connectivity index (χ0n) is 10.9. The molecule has 0 fully saturated rings. The van der Waals surface area contributed by atoms with Gasteiger partial charge >= 0.3 is 5.97 Å². The van der Waals surface area contributed by atoms with E-state index < -0.39 is 23.2 Å². The first-order chi connectivity index (χ1) is 9.93. The van der Waals surface area contributed by atoms with Crippen molar-refractivity contribution < 1.29 is 18.3 Å². The Morgan fingerprint density at radius 1 is 1.19 bits per heavy atom. The topological polar surface area (TPSA) is 64.3 Å². The van der Waals surface area contributed by atoms with Crippen LogP contribution < -0.4 is 11.1 Å². The third-order valence-corrected chi connectivity index (χ3v) is 3.08. The molecule has 4 nitrogen and oxygen atoms in total. The van der Waals surface area contributed by atoms with Crippen LogP contribution >= 0.6 is 11.6 Å². The highest BCUT2D eigenvalue weighted by Crippen LogP contribution is 2.30. The maximum atomic E-state index is 14.0. The Morgan fingerprint density at radius 2 is 1.90 bits per heavy atom. The van der Waals surface area contributed by atoms with Crippen LogP contribution in [0, 0.1) is 11.6 Å². The summed E-state index contributed by atoms with van der Waals surface area (Å²) in [6.45, 7) is 0. The van der Waals surface area contributed by atoms with Crippen molar-refractivity contribution in [1.29, 1.82) is 0 Å². The van der Waals surface area contributed by atoms with Crippen LogP contribution in [-0.2, 0) is 4.74 Å². The number of nitrogens with one attached hydrogen (secondary N) is 1. The molecule has 21 heavy (non-hydrogen) atoms. The van der Waals surface area contributed by atoms with Crippen molar-refractivity contribution in [3.63, 3.8) is 0 Å². The molecule has 2 aromatic rings. The fraction of sp³-hybridized carbons (Fsp3) is 0.0714. The Kier molecular flexibility index (Phi) is 4.28. The van der Waals surface area contributed by atoms with Gasteiger partial charge in [0.1, 0.15) is 0 Å². The number of anilines is 3. The summed E-state index contributed by atoms with van der Waals surface area (Å²) in [6.07, 6.45) is 0. The molecule has 7 heteroatoms. The van der Waals surface area contributed by atoms with Crippen LogP contribution in [-0.4, -0.2) is 13.1 Å². The number of nitrogen functional groups attached to an aromatic ring is 1. The first-order valence-electron chi connectivity index (χ1n) is 5.82. The maximum absolute atomic E-state index is 14.0. The van der Waals surface area contributed by atoms with Crippen molar-refractivity contribution in [2.24, 2.45) is 0 Å². The zero-order valence-corrected chi connectivity index (χ0v) is 11.7. The van der Waals surface area contributed by atoms with E-state index in [4.69, 9.17) is 17.3 Å². The monoisotopic (exact) mass is 312 g/mol. The number of hydrogen-bond acceptors (Lipinski definition) is 4. The second-order valence-electron chi connectivity index (χ2n) is 4.14. The molecule has 0 bridgehead atoms. The molecular weight excluding hydrogens is 302 g/mol. The lowest BCUT2D eigenvalue weighted by Gasteiger charge is -2.11. The number of esters is 1. The second kappa shape index (κ2) is 5.97. The molecule has 2 rings (SSSR count). The van der Waals surface area contributed by atoms with Crippen LogP contribution in [0.1, 0.15) is 10.4 Å². The quantitative estimate of drug-likeness (QED) is 0.669. The molecule has 0 saturated carbocycles. The summed E-state index contributed by atoms with van der Waals surface area (Å²) in [6, 6.07) is 6.91. The average molecular weight is 313 g/mol. The number of halogens is 3. The van der Waals surface area contributed by atoms with Gasteiger partial charge in [-0.2, -0.15) is 0 Å². The summed E-state index contributed by atoms with van der Waals surface area (Å²) >= 11 is 5.93. The average Bonchev–Trinajstić information content (AvgIpc) is 2.47. The van der Waals surface area contributed by atoms with Gasteiger partial charge in [0.2, 0.25) is 0 Å². The van der Waals surface area contributed by atoms with Gasteiger partial charge in [-0.3, -0.25) is 0 Å². The van der Waals surface area contributed by atoms with Crippen molar-refractivity contribution in [2.75, 3.05) is 18.2 Å². The molecule has 0 radical (unpaired) electrons. The third kappa shape index (κ3) is 3.05. The summed E-state index contributed by atoms with van der Waals surface area (Å²) in [7, 11) is 1.08. The van der Waals surface area contributed by atoms with E-state index in [1.165, 1.54) is 18.2 Å². The number of carbonyl (C=O) groups excluding carboxylic acids is 1. The molecule has 0 amide bonds. The van der Waals surface area contributed by atoms with E-state index in [0.29, 0.717) is 16.4 Å². The summed E-state index contributed by atoms with van der Waals surface area (Å²) in [5.74, 6) is -3.47. The van der Waals surface area contributed by atoms with E-state index in [2.05, 4.69) is 10.1 Å². The number of carbonyl (C=O) groups is 1. The highest BCUT2D eigenvalue weighted by molar-refractivity contribution is 6.33. The Bertz CT molecular complexity index is 708. The summed E-state index contributed by atoms with van der Waals surface area (Å²) in [5.41, 5.74) is 5.67. The number of rotatable bonds is 3. The van der Waals surface area contributed by atoms with E-state index in [0.717, 1.165) is 13.2 Å². The van der Waals surface area contributed by atoms with Crippen LogP contribution in [0.4, 0.5) is 25.8 Å². The Balaban J connectivity index is 2.40. The number of ether oxygens (including phenoxy) is 1. The standard InChI is InChI=1S/C14H11ClF2N2O2/c1-21-14(20)8-3-5-10(13(17)12(8)16)19-11-6-7(18)2-4-9(11)15/h2-6,19H,18H2,1H3. The van der Waals surface area contributed by atoms with Gasteiger partial charge < -0.3 is 15.8 Å². The van der Waals surface area contributed by atoms with Gasteiger partial charge in [0.25, 0.3) is 0 Å². The zero-order chi connectivity index (χ0) is 15.6. The molecule has 110 valence electrons. The van der Waals surface area contributed by atoms with E-state index in [9.17, 15) is 13.6 Å². The molecule has 0 saturated heterocycles. The number of hydrogen-bond donors (Lipinski definition) is 2. The molecule has 0 aromatic heterocycles. The molecule has 3 N–H and O–H groups in total. The van der Waals surface area contributed by atoms with Crippen LogP contribution in [0.15, 0.2) is 30.3 Å². The Hall–Kier alpha value is -2.34. The van der Waals surface area contributed by atoms with Crippen LogP contribution in [0.5, 0.6) is 0 Å². The predicted octanol–water partition coefficient (Wildman–Crippen LogP) is 3.73. The molecule has 0 atom stereocenters. The Morgan fingerprint density at radius 3 is 2.57 bits per heavy atom. The largest absolute Gasteiger partial charge is 0.465 e. The van der Waals surface area contributed by atoms with Gasteiger partial charge in [0.15, 0.2) is 11.6 Å². The van der Waals surface area contributed by atoms with Gasteiger partial charge in [-0.25, -0.2) is 13.6 Å². The van der Waals surface area contributed by atoms with E-state index in [-0.39, 0.29) is 5.69 Å². The van der Waals surface area contributed by atoms with Crippen molar-refractivity contribution in [1.82, 2.24) is 0 Å². The fourth-order valence-electron chi connectivity index (χ4n) is 1.70.